The lowest BCUT2D eigenvalue weighted by atomic mass is 9.84. The first-order chi connectivity index (χ1) is 7.61. The summed E-state index contributed by atoms with van der Waals surface area (Å²) >= 11 is 0. The van der Waals surface area contributed by atoms with Gasteiger partial charge in [-0.25, -0.2) is 0 Å². The summed E-state index contributed by atoms with van der Waals surface area (Å²) in [6, 6.07) is 1.85. The summed E-state index contributed by atoms with van der Waals surface area (Å²) in [7, 11) is 0. The Morgan fingerprint density at radius 3 is 1.94 bits per heavy atom. The Balaban J connectivity index is 2.12. The molecule has 2 rings (SSSR count). The van der Waals surface area contributed by atoms with Crippen LogP contribution in [0.25, 0.3) is 0 Å². The molecule has 0 saturated carbocycles. The molecule has 2 aliphatic rings. The van der Waals surface area contributed by atoms with Crippen LogP contribution in [-0.2, 0) is 4.74 Å². The van der Waals surface area contributed by atoms with Crippen LogP contribution in [0.15, 0.2) is 0 Å². The van der Waals surface area contributed by atoms with Crippen LogP contribution in [0.4, 0.5) is 0 Å². The maximum absolute atomic E-state index is 5.63. The third-order valence-electron chi connectivity index (χ3n) is 4.18. The van der Waals surface area contributed by atoms with E-state index in [0.29, 0.717) is 12.1 Å². The van der Waals surface area contributed by atoms with Crippen molar-refractivity contribution in [1.82, 2.24) is 10.2 Å². The molecule has 0 spiro atoms. The fraction of sp³-hybridized carbons (Fsp3) is 1.00. The van der Waals surface area contributed by atoms with Crippen molar-refractivity contribution in [2.45, 2.75) is 45.8 Å². The number of piperidine rings is 1. The molecule has 4 unspecified atom stereocenters. The van der Waals surface area contributed by atoms with Gasteiger partial charge in [-0.05, 0) is 38.8 Å². The van der Waals surface area contributed by atoms with Gasteiger partial charge in [-0.2, -0.15) is 0 Å². The number of hydrogen-bond donors (Lipinski definition) is 1. The van der Waals surface area contributed by atoms with E-state index < -0.39 is 0 Å². The Labute approximate surface area is 99.5 Å². The van der Waals surface area contributed by atoms with E-state index in [0.717, 1.165) is 44.2 Å². The smallest absolute Gasteiger partial charge is 0.0620 e. The van der Waals surface area contributed by atoms with E-state index in [1.807, 2.05) is 0 Å². The van der Waals surface area contributed by atoms with Crippen LogP contribution in [0, 0.1) is 11.8 Å². The topological polar surface area (TPSA) is 24.5 Å². The first kappa shape index (κ1) is 12.3. The van der Waals surface area contributed by atoms with E-state index in [4.69, 9.17) is 4.74 Å². The van der Waals surface area contributed by atoms with Gasteiger partial charge in [0.2, 0.25) is 0 Å². The molecular weight excluding hydrogens is 200 g/mol. The third kappa shape index (κ3) is 2.27. The molecule has 2 aliphatic heterocycles. The van der Waals surface area contributed by atoms with Crippen molar-refractivity contribution in [3.8, 4) is 0 Å². The normalized spacial score (nSPS) is 46.9. The average Bonchev–Trinajstić information content (AvgIpc) is 2.21. The zero-order valence-electron chi connectivity index (χ0n) is 11.1. The molecule has 3 heteroatoms. The molecule has 94 valence electrons. The second-order valence-electron chi connectivity index (χ2n) is 5.79. The first-order valence-electron chi connectivity index (χ1n) is 6.67. The van der Waals surface area contributed by atoms with Gasteiger partial charge in [-0.3, -0.25) is 4.90 Å². The average molecular weight is 226 g/mol. The van der Waals surface area contributed by atoms with E-state index >= 15 is 0 Å². The Morgan fingerprint density at radius 2 is 1.44 bits per heavy atom. The predicted molar refractivity (Wildman–Crippen MR) is 66.6 cm³/mol. The number of hydrogen-bond acceptors (Lipinski definition) is 3. The summed E-state index contributed by atoms with van der Waals surface area (Å²) in [4.78, 5) is 2.71. The van der Waals surface area contributed by atoms with Crippen LogP contribution in [0.1, 0.15) is 27.7 Å². The molecule has 2 fully saturated rings. The standard InChI is InChI=1S/C13H26N2O/c1-9-5-14-6-10(2)13(9)15-11(3)7-16-8-12(15)4/h9-14H,5-8H2,1-4H3. The number of nitrogens with zero attached hydrogens (tertiary/aromatic N) is 1. The summed E-state index contributed by atoms with van der Waals surface area (Å²) < 4.78 is 5.63. The highest BCUT2D eigenvalue weighted by Gasteiger charge is 2.38. The van der Waals surface area contributed by atoms with Crippen molar-refractivity contribution in [3.05, 3.63) is 0 Å². The molecule has 0 aromatic rings. The lowest BCUT2D eigenvalue weighted by Crippen LogP contribution is -2.62. The molecule has 4 atom stereocenters. The molecule has 2 heterocycles. The van der Waals surface area contributed by atoms with Crippen LogP contribution >= 0.6 is 0 Å². The van der Waals surface area contributed by atoms with Crippen LogP contribution in [0.3, 0.4) is 0 Å². The molecule has 0 amide bonds. The summed E-state index contributed by atoms with van der Waals surface area (Å²) in [5.41, 5.74) is 0. The highest BCUT2D eigenvalue weighted by atomic mass is 16.5. The predicted octanol–water partition coefficient (Wildman–Crippen LogP) is 1.34. The Morgan fingerprint density at radius 1 is 0.938 bits per heavy atom. The highest BCUT2D eigenvalue weighted by Crippen LogP contribution is 2.28. The maximum atomic E-state index is 5.63. The van der Waals surface area contributed by atoms with Gasteiger partial charge in [0.15, 0.2) is 0 Å². The van der Waals surface area contributed by atoms with Gasteiger partial charge in [0.05, 0.1) is 13.2 Å². The summed E-state index contributed by atoms with van der Waals surface area (Å²) in [5.74, 6) is 1.48. The maximum Gasteiger partial charge on any atom is 0.0620 e. The number of rotatable bonds is 1. The lowest BCUT2D eigenvalue weighted by Gasteiger charge is -2.50. The van der Waals surface area contributed by atoms with E-state index in [9.17, 15) is 0 Å². The Bertz CT molecular complexity index is 190. The van der Waals surface area contributed by atoms with Crippen molar-refractivity contribution in [3.63, 3.8) is 0 Å². The molecule has 0 aromatic carbocycles. The molecule has 2 saturated heterocycles. The van der Waals surface area contributed by atoms with Gasteiger partial charge in [0.1, 0.15) is 0 Å². The Kier molecular flexibility index (Phi) is 3.88. The fourth-order valence-corrected chi connectivity index (χ4v) is 3.53. The molecule has 1 N–H and O–H groups in total. The first-order valence-corrected chi connectivity index (χ1v) is 6.67. The fourth-order valence-electron chi connectivity index (χ4n) is 3.53. The molecule has 0 bridgehead atoms. The minimum Gasteiger partial charge on any atom is -0.378 e. The molecule has 16 heavy (non-hydrogen) atoms. The minimum absolute atomic E-state index is 0.566. The minimum atomic E-state index is 0.566. The van der Waals surface area contributed by atoms with Gasteiger partial charge in [-0.1, -0.05) is 13.8 Å². The van der Waals surface area contributed by atoms with E-state index in [1.165, 1.54) is 0 Å². The van der Waals surface area contributed by atoms with Crippen molar-refractivity contribution >= 4 is 0 Å². The Hall–Kier alpha value is -0.120. The number of ether oxygens (including phenoxy) is 1. The number of nitrogens with one attached hydrogen (secondary N) is 1. The van der Waals surface area contributed by atoms with Gasteiger partial charge >= 0.3 is 0 Å². The second kappa shape index (κ2) is 5.03. The SMILES string of the molecule is CC1CNCC(C)C1N1C(C)COCC1C. The number of morpholine rings is 1. The monoisotopic (exact) mass is 226 g/mol. The lowest BCUT2D eigenvalue weighted by molar-refractivity contribution is -0.0847. The van der Waals surface area contributed by atoms with E-state index in [1.54, 1.807) is 0 Å². The van der Waals surface area contributed by atoms with E-state index in [-0.39, 0.29) is 0 Å². The zero-order valence-corrected chi connectivity index (χ0v) is 11.1. The van der Waals surface area contributed by atoms with Gasteiger partial charge in [-0.15, -0.1) is 0 Å². The van der Waals surface area contributed by atoms with Crippen LogP contribution in [-0.4, -0.2) is 49.3 Å². The van der Waals surface area contributed by atoms with Gasteiger partial charge in [0.25, 0.3) is 0 Å². The molecule has 0 aromatic heterocycles. The molecule has 0 radical (unpaired) electrons. The van der Waals surface area contributed by atoms with Crippen LogP contribution in [0.2, 0.25) is 0 Å². The quantitative estimate of drug-likeness (QED) is 0.730. The van der Waals surface area contributed by atoms with Gasteiger partial charge < -0.3 is 10.1 Å². The summed E-state index contributed by atoms with van der Waals surface area (Å²) in [6.07, 6.45) is 0. The summed E-state index contributed by atoms with van der Waals surface area (Å²) in [6.45, 7) is 13.5. The zero-order chi connectivity index (χ0) is 11.7. The largest absolute Gasteiger partial charge is 0.378 e. The highest BCUT2D eigenvalue weighted by molar-refractivity contribution is 4.93. The van der Waals surface area contributed by atoms with Crippen LogP contribution in [0.5, 0.6) is 0 Å². The third-order valence-corrected chi connectivity index (χ3v) is 4.18. The van der Waals surface area contributed by atoms with E-state index in [2.05, 4.69) is 37.9 Å². The molecule has 3 nitrogen and oxygen atoms in total. The molecule has 0 aliphatic carbocycles. The molecular formula is C13H26N2O. The van der Waals surface area contributed by atoms with Gasteiger partial charge in [0, 0.05) is 18.1 Å². The second-order valence-corrected chi connectivity index (χ2v) is 5.79. The van der Waals surface area contributed by atoms with Crippen molar-refractivity contribution in [2.75, 3.05) is 26.3 Å². The van der Waals surface area contributed by atoms with Crippen molar-refractivity contribution in [2.24, 2.45) is 11.8 Å². The van der Waals surface area contributed by atoms with Crippen molar-refractivity contribution < 1.29 is 4.74 Å². The summed E-state index contributed by atoms with van der Waals surface area (Å²) in [5, 5.41) is 3.53. The van der Waals surface area contributed by atoms with Crippen LogP contribution < -0.4 is 5.32 Å². The van der Waals surface area contributed by atoms with Crippen molar-refractivity contribution in [1.29, 1.82) is 0 Å².